The van der Waals surface area contributed by atoms with Gasteiger partial charge in [0.1, 0.15) is 5.01 Å². The van der Waals surface area contributed by atoms with Crippen LogP contribution in [0.4, 0.5) is 13.2 Å². The lowest BCUT2D eigenvalue weighted by molar-refractivity contribution is -0.204. The van der Waals surface area contributed by atoms with Crippen molar-refractivity contribution in [2.45, 2.75) is 6.18 Å². The van der Waals surface area contributed by atoms with Crippen LogP contribution in [0.5, 0.6) is 5.88 Å². The zero-order valence-electron chi connectivity index (χ0n) is 13.5. The van der Waals surface area contributed by atoms with Crippen LogP contribution in [0.25, 0.3) is 20.8 Å². The van der Waals surface area contributed by atoms with E-state index >= 15 is 0 Å². The second kappa shape index (κ2) is 7.19. The van der Waals surface area contributed by atoms with Gasteiger partial charge in [-0.3, -0.25) is 4.79 Å². The maximum atomic E-state index is 12.1. The van der Waals surface area contributed by atoms with Crippen LogP contribution in [0.1, 0.15) is 10.4 Å². The van der Waals surface area contributed by atoms with Crippen molar-refractivity contribution in [1.82, 2.24) is 15.4 Å². The number of alkyl halides is 3. The first-order chi connectivity index (χ1) is 12.8. The molecule has 3 rings (SSSR count). The van der Waals surface area contributed by atoms with Crippen LogP contribution >= 0.6 is 11.3 Å². The molecular weight excluding hydrogens is 387 g/mol. The molecule has 2 aromatic heterocycles. The minimum atomic E-state index is -5.20. The van der Waals surface area contributed by atoms with E-state index in [1.54, 1.807) is 18.3 Å². The SMILES string of the molecule is COc1cc(-c2nc3ccc(C(=O)NOC(=O)C(F)(F)F)cc3s2)ccn1. The highest BCUT2D eigenvalue weighted by Gasteiger charge is 2.42. The van der Waals surface area contributed by atoms with E-state index in [1.165, 1.54) is 42.1 Å². The van der Waals surface area contributed by atoms with E-state index in [4.69, 9.17) is 4.74 Å². The molecule has 11 heteroatoms. The molecule has 0 atom stereocenters. The van der Waals surface area contributed by atoms with E-state index in [1.807, 2.05) is 0 Å². The summed E-state index contributed by atoms with van der Waals surface area (Å²) < 4.78 is 41.9. The van der Waals surface area contributed by atoms with Crippen molar-refractivity contribution in [3.05, 3.63) is 42.1 Å². The summed E-state index contributed by atoms with van der Waals surface area (Å²) in [6.07, 6.45) is -3.64. The van der Waals surface area contributed by atoms with Crippen LogP contribution < -0.4 is 10.2 Å². The van der Waals surface area contributed by atoms with E-state index < -0.39 is 18.1 Å². The number of hydroxylamine groups is 1. The molecule has 0 aliphatic rings. The van der Waals surface area contributed by atoms with Gasteiger partial charge in [-0.2, -0.15) is 18.7 Å². The van der Waals surface area contributed by atoms with E-state index in [-0.39, 0.29) is 5.56 Å². The number of nitrogens with zero attached hydrogens (tertiary/aromatic N) is 2. The number of halogens is 3. The summed E-state index contributed by atoms with van der Waals surface area (Å²) >= 11 is 1.27. The minimum absolute atomic E-state index is 0.0139. The van der Waals surface area contributed by atoms with E-state index in [0.717, 1.165) is 5.56 Å². The fraction of sp³-hybridized carbons (Fsp3) is 0.125. The number of amides is 1. The third-order valence-electron chi connectivity index (χ3n) is 3.31. The maximum Gasteiger partial charge on any atom is 0.493 e. The van der Waals surface area contributed by atoms with Crippen molar-refractivity contribution in [1.29, 1.82) is 0 Å². The van der Waals surface area contributed by atoms with Crippen LogP contribution in [0.15, 0.2) is 36.5 Å². The normalized spacial score (nSPS) is 11.3. The van der Waals surface area contributed by atoms with Gasteiger partial charge in [0.2, 0.25) is 5.88 Å². The van der Waals surface area contributed by atoms with Gasteiger partial charge in [0.15, 0.2) is 0 Å². The summed E-state index contributed by atoms with van der Waals surface area (Å²) in [6.45, 7) is 0. The number of aromatic nitrogens is 2. The molecule has 0 aliphatic heterocycles. The molecule has 0 spiro atoms. The van der Waals surface area contributed by atoms with Crippen LogP contribution in [-0.4, -0.2) is 35.1 Å². The fourth-order valence-corrected chi connectivity index (χ4v) is 3.05. The quantitative estimate of drug-likeness (QED) is 0.683. The van der Waals surface area contributed by atoms with Crippen molar-refractivity contribution in [3.63, 3.8) is 0 Å². The van der Waals surface area contributed by atoms with E-state index in [9.17, 15) is 22.8 Å². The molecule has 0 fully saturated rings. The molecule has 0 saturated carbocycles. The summed E-state index contributed by atoms with van der Waals surface area (Å²) in [7, 11) is 1.49. The van der Waals surface area contributed by atoms with E-state index in [0.29, 0.717) is 21.1 Å². The Hall–Kier alpha value is -3.21. The van der Waals surface area contributed by atoms with Crippen molar-refractivity contribution < 1.29 is 32.3 Å². The van der Waals surface area contributed by atoms with Gasteiger partial charge in [-0.15, -0.1) is 11.3 Å². The molecule has 0 unspecified atom stereocenters. The summed E-state index contributed by atoms with van der Waals surface area (Å²) in [6, 6.07) is 7.77. The molecule has 7 nitrogen and oxygen atoms in total. The number of hydrogen-bond acceptors (Lipinski definition) is 7. The van der Waals surface area contributed by atoms with Crippen LogP contribution in [0.3, 0.4) is 0 Å². The Morgan fingerprint density at radius 2 is 1.96 bits per heavy atom. The van der Waals surface area contributed by atoms with Crippen molar-refractivity contribution in [2.24, 2.45) is 0 Å². The molecule has 0 radical (unpaired) electrons. The monoisotopic (exact) mass is 397 g/mol. The lowest BCUT2D eigenvalue weighted by Crippen LogP contribution is -2.34. The predicted octanol–water partition coefficient (Wildman–Crippen LogP) is 3.12. The second-order valence-corrected chi connectivity index (χ2v) is 6.14. The highest BCUT2D eigenvalue weighted by Crippen LogP contribution is 2.31. The van der Waals surface area contributed by atoms with Crippen LogP contribution in [0.2, 0.25) is 0 Å². The summed E-state index contributed by atoms with van der Waals surface area (Å²) in [5.41, 5.74) is 2.84. The molecule has 3 aromatic rings. The van der Waals surface area contributed by atoms with Gasteiger partial charge >= 0.3 is 12.1 Å². The molecular formula is C16H10F3N3O4S. The standard InChI is InChI=1S/C16H10F3N3O4S/c1-25-12-7-9(4-5-20-12)14-21-10-3-2-8(6-11(10)27-14)13(23)22-26-15(24)16(17,18)19/h2-7H,1H3,(H,22,23). The maximum absolute atomic E-state index is 12.1. The molecule has 0 saturated heterocycles. The Morgan fingerprint density at radius 3 is 2.67 bits per heavy atom. The number of methoxy groups -OCH3 is 1. The molecule has 27 heavy (non-hydrogen) atoms. The van der Waals surface area contributed by atoms with Crippen molar-refractivity contribution >= 4 is 33.4 Å². The summed E-state index contributed by atoms with van der Waals surface area (Å²) in [5.74, 6) is -3.09. The summed E-state index contributed by atoms with van der Waals surface area (Å²) in [4.78, 5) is 34.7. The molecule has 1 amide bonds. The minimum Gasteiger partial charge on any atom is -0.481 e. The smallest absolute Gasteiger partial charge is 0.481 e. The number of pyridine rings is 1. The first kappa shape index (κ1) is 18.6. The molecule has 140 valence electrons. The molecule has 1 N–H and O–H groups in total. The summed E-state index contributed by atoms with van der Waals surface area (Å²) in [5, 5.41) is 0.645. The molecule has 0 aliphatic carbocycles. The molecule has 1 aromatic carbocycles. The van der Waals surface area contributed by atoms with Crippen LogP contribution in [-0.2, 0) is 9.63 Å². The first-order valence-electron chi connectivity index (χ1n) is 7.27. The van der Waals surface area contributed by atoms with Gasteiger partial charge in [0.05, 0.1) is 17.3 Å². The Balaban J connectivity index is 1.81. The van der Waals surface area contributed by atoms with Gasteiger partial charge in [-0.1, -0.05) is 0 Å². The van der Waals surface area contributed by atoms with Gasteiger partial charge < -0.3 is 9.57 Å². The largest absolute Gasteiger partial charge is 0.493 e. The number of carbonyl (C=O) groups is 2. The third kappa shape index (κ3) is 4.14. The van der Waals surface area contributed by atoms with E-state index in [2.05, 4.69) is 14.8 Å². The fourth-order valence-electron chi connectivity index (χ4n) is 2.05. The Morgan fingerprint density at radius 1 is 1.19 bits per heavy atom. The van der Waals surface area contributed by atoms with Gasteiger partial charge in [0.25, 0.3) is 5.91 Å². The number of ether oxygens (including phenoxy) is 1. The van der Waals surface area contributed by atoms with Gasteiger partial charge in [0, 0.05) is 23.4 Å². The average molecular weight is 397 g/mol. The Labute approximate surface area is 153 Å². The number of nitrogens with one attached hydrogen (secondary N) is 1. The molecule has 2 heterocycles. The van der Waals surface area contributed by atoms with Crippen molar-refractivity contribution in [2.75, 3.05) is 7.11 Å². The Bertz CT molecular complexity index is 1020. The first-order valence-corrected chi connectivity index (χ1v) is 8.09. The lowest BCUT2D eigenvalue weighted by atomic mass is 10.2. The number of rotatable bonds is 3. The Kier molecular flexibility index (Phi) is 4.95. The number of carbonyl (C=O) groups excluding carboxylic acids is 2. The highest BCUT2D eigenvalue weighted by molar-refractivity contribution is 7.21. The van der Waals surface area contributed by atoms with Gasteiger partial charge in [-0.25, -0.2) is 14.8 Å². The van der Waals surface area contributed by atoms with Crippen LogP contribution in [0, 0.1) is 0 Å². The zero-order valence-corrected chi connectivity index (χ0v) is 14.4. The highest BCUT2D eigenvalue weighted by atomic mass is 32.1. The van der Waals surface area contributed by atoms with Crippen molar-refractivity contribution in [3.8, 4) is 16.5 Å². The van der Waals surface area contributed by atoms with Gasteiger partial charge in [-0.05, 0) is 24.3 Å². The second-order valence-electron chi connectivity index (χ2n) is 5.11. The topological polar surface area (TPSA) is 90.4 Å². The average Bonchev–Trinajstić information content (AvgIpc) is 3.08. The number of hydrogen-bond donors (Lipinski definition) is 1. The number of fused-ring (bicyclic) bond motifs is 1. The third-order valence-corrected chi connectivity index (χ3v) is 4.38. The zero-order chi connectivity index (χ0) is 19.6. The number of thiazole rings is 1. The number of benzene rings is 1. The molecule has 0 bridgehead atoms. The predicted molar refractivity (Wildman–Crippen MR) is 89.0 cm³/mol. The lowest BCUT2D eigenvalue weighted by Gasteiger charge is -2.07.